The Morgan fingerprint density at radius 1 is 1.26 bits per heavy atom. The molecule has 1 amide bonds. The highest BCUT2D eigenvalue weighted by Gasteiger charge is 2.59. The molecule has 2 heterocycles. The number of carbonyl (C=O) groups excluding carboxylic acids is 1. The van der Waals surface area contributed by atoms with E-state index in [0.29, 0.717) is 17.0 Å². The second-order valence-corrected chi connectivity index (χ2v) is 10.5. The Balaban J connectivity index is 2.21. The first-order chi connectivity index (χ1) is 16.0. The summed E-state index contributed by atoms with van der Waals surface area (Å²) in [7, 11) is 1.55. The number of aliphatic hydroxyl groups is 1. The van der Waals surface area contributed by atoms with Crippen LogP contribution in [0.3, 0.4) is 0 Å². The van der Waals surface area contributed by atoms with E-state index in [0.717, 1.165) is 5.56 Å². The van der Waals surface area contributed by atoms with Crippen LogP contribution in [-0.2, 0) is 10.2 Å². The van der Waals surface area contributed by atoms with Gasteiger partial charge in [0, 0.05) is 30.5 Å². The van der Waals surface area contributed by atoms with Gasteiger partial charge in [-0.05, 0) is 41.9 Å². The summed E-state index contributed by atoms with van der Waals surface area (Å²) < 4.78 is 5.59. The van der Waals surface area contributed by atoms with Gasteiger partial charge < -0.3 is 19.8 Å². The minimum Gasteiger partial charge on any atom is -0.496 e. The number of benzene rings is 1. The van der Waals surface area contributed by atoms with Crippen LogP contribution in [0.4, 0.5) is 0 Å². The van der Waals surface area contributed by atoms with Crippen LogP contribution >= 0.6 is 0 Å². The number of likely N-dealkylation sites (tertiary alicyclic amines) is 1. The molecule has 0 aliphatic carbocycles. The molecule has 3 atom stereocenters. The van der Waals surface area contributed by atoms with Crippen molar-refractivity contribution in [3.8, 4) is 5.75 Å². The van der Waals surface area contributed by atoms with E-state index >= 15 is 0 Å². The quantitative estimate of drug-likeness (QED) is 0.633. The van der Waals surface area contributed by atoms with Crippen LogP contribution in [-0.4, -0.2) is 56.2 Å². The third-order valence-corrected chi connectivity index (χ3v) is 6.53. The second kappa shape index (κ2) is 9.70. The number of hydrogen-bond acceptors (Lipinski definition) is 6. The second-order valence-electron chi connectivity index (χ2n) is 10.5. The number of nitrogens with zero attached hydrogens (tertiary/aromatic N) is 3. The molecule has 0 saturated carbocycles. The topological polar surface area (TPSA) is 113 Å². The molecule has 8 nitrogen and oxygen atoms in total. The van der Waals surface area contributed by atoms with Crippen molar-refractivity contribution in [2.24, 2.45) is 11.8 Å². The maximum Gasteiger partial charge on any atom is 0.329 e. The van der Waals surface area contributed by atoms with Crippen molar-refractivity contribution in [2.45, 2.75) is 64.5 Å². The molecule has 0 unspecified atom stereocenters. The number of carboxylic acid groups (broad SMARTS) is 1. The number of aliphatic hydroxyl groups excluding tert-OH is 1. The van der Waals surface area contributed by atoms with Crippen LogP contribution in [0.2, 0.25) is 0 Å². The van der Waals surface area contributed by atoms with Gasteiger partial charge in [0.05, 0.1) is 25.0 Å². The molecule has 1 fully saturated rings. The van der Waals surface area contributed by atoms with E-state index in [1.54, 1.807) is 19.2 Å². The van der Waals surface area contributed by atoms with Gasteiger partial charge in [-0.3, -0.25) is 14.8 Å². The summed E-state index contributed by atoms with van der Waals surface area (Å²) in [5, 5.41) is 20.7. The monoisotopic (exact) mass is 469 g/mol. The number of methoxy groups -OCH3 is 1. The maximum absolute atomic E-state index is 14.1. The van der Waals surface area contributed by atoms with Crippen molar-refractivity contribution in [3.05, 3.63) is 53.6 Å². The molecule has 184 valence electrons. The molecule has 2 aromatic rings. The molecule has 34 heavy (non-hydrogen) atoms. The summed E-state index contributed by atoms with van der Waals surface area (Å²) in [6.45, 7) is 9.75. The van der Waals surface area contributed by atoms with Crippen molar-refractivity contribution in [1.29, 1.82) is 0 Å². The van der Waals surface area contributed by atoms with Crippen LogP contribution in [0.1, 0.15) is 75.1 Å². The zero-order valence-electron chi connectivity index (χ0n) is 20.8. The molecule has 1 aliphatic rings. The van der Waals surface area contributed by atoms with Crippen LogP contribution in [0.15, 0.2) is 36.8 Å². The standard InChI is InChI=1S/C26H35N3O5/c1-16(2)12-26(24(32)33)13-18(15-30)22(20-14-27-9-10-28-20)29(26)23(31)17-7-8-19(25(3,4)5)21(11-17)34-6/h7-11,14,16,18,22,30H,12-13,15H2,1-6H3,(H,32,33)/t18-,22-,26+/m1/s1. The third kappa shape index (κ3) is 4.64. The Morgan fingerprint density at radius 3 is 2.47 bits per heavy atom. The largest absolute Gasteiger partial charge is 0.496 e. The van der Waals surface area contributed by atoms with Crippen molar-refractivity contribution in [1.82, 2.24) is 14.9 Å². The van der Waals surface area contributed by atoms with Gasteiger partial charge >= 0.3 is 5.97 Å². The van der Waals surface area contributed by atoms with E-state index < -0.39 is 29.4 Å². The Hall–Kier alpha value is -3.00. The molecule has 1 aromatic carbocycles. The number of ether oxygens (including phenoxy) is 1. The molecule has 0 radical (unpaired) electrons. The molecular weight excluding hydrogens is 434 g/mol. The number of aliphatic carboxylic acids is 1. The van der Waals surface area contributed by atoms with Gasteiger partial charge in [-0.2, -0.15) is 0 Å². The lowest BCUT2D eigenvalue weighted by atomic mass is 9.83. The molecular formula is C26H35N3O5. The van der Waals surface area contributed by atoms with E-state index in [9.17, 15) is 19.8 Å². The zero-order chi connectivity index (χ0) is 25.3. The molecule has 0 spiro atoms. The third-order valence-electron chi connectivity index (χ3n) is 6.53. The normalized spacial score (nSPS) is 22.8. The van der Waals surface area contributed by atoms with Crippen LogP contribution < -0.4 is 4.74 Å². The predicted octanol–water partition coefficient (Wildman–Crippen LogP) is 3.85. The first-order valence-electron chi connectivity index (χ1n) is 11.6. The fourth-order valence-corrected chi connectivity index (χ4v) is 5.16. The number of carbonyl (C=O) groups is 2. The van der Waals surface area contributed by atoms with E-state index in [1.807, 2.05) is 19.9 Å². The predicted molar refractivity (Wildman–Crippen MR) is 128 cm³/mol. The number of amides is 1. The Morgan fingerprint density at radius 2 is 1.97 bits per heavy atom. The van der Waals surface area contributed by atoms with Crippen molar-refractivity contribution in [2.75, 3.05) is 13.7 Å². The molecule has 8 heteroatoms. The highest BCUT2D eigenvalue weighted by Crippen LogP contribution is 2.50. The van der Waals surface area contributed by atoms with E-state index in [1.165, 1.54) is 23.5 Å². The van der Waals surface area contributed by atoms with Gasteiger partial charge in [0.2, 0.25) is 0 Å². The fourth-order valence-electron chi connectivity index (χ4n) is 5.16. The average Bonchev–Trinajstić information content (AvgIpc) is 3.12. The molecule has 1 aromatic heterocycles. The summed E-state index contributed by atoms with van der Waals surface area (Å²) >= 11 is 0. The minimum absolute atomic E-state index is 0.00385. The maximum atomic E-state index is 14.1. The minimum atomic E-state index is -1.49. The number of hydrogen-bond donors (Lipinski definition) is 2. The smallest absolute Gasteiger partial charge is 0.329 e. The van der Waals surface area contributed by atoms with Crippen LogP contribution in [0.25, 0.3) is 0 Å². The van der Waals surface area contributed by atoms with E-state index in [4.69, 9.17) is 4.74 Å². The summed E-state index contributed by atoms with van der Waals surface area (Å²) in [6.07, 6.45) is 4.94. The fraction of sp³-hybridized carbons (Fsp3) is 0.538. The summed E-state index contributed by atoms with van der Waals surface area (Å²) in [6, 6.07) is 4.51. The lowest BCUT2D eigenvalue weighted by molar-refractivity contribution is -0.150. The van der Waals surface area contributed by atoms with Gasteiger partial charge in [-0.25, -0.2) is 4.79 Å². The average molecular weight is 470 g/mol. The summed E-state index contributed by atoms with van der Waals surface area (Å²) in [5.41, 5.74) is 0.0364. The van der Waals surface area contributed by atoms with Crippen molar-refractivity contribution >= 4 is 11.9 Å². The van der Waals surface area contributed by atoms with E-state index in [-0.39, 0.29) is 30.8 Å². The number of rotatable bonds is 7. The Bertz CT molecular complexity index is 1030. The first-order valence-corrected chi connectivity index (χ1v) is 11.6. The highest BCUT2D eigenvalue weighted by molar-refractivity contribution is 5.99. The van der Waals surface area contributed by atoms with Crippen LogP contribution in [0, 0.1) is 11.8 Å². The van der Waals surface area contributed by atoms with Crippen LogP contribution in [0.5, 0.6) is 5.75 Å². The molecule has 2 N–H and O–H groups in total. The zero-order valence-corrected chi connectivity index (χ0v) is 20.8. The van der Waals surface area contributed by atoms with Crippen molar-refractivity contribution < 1.29 is 24.5 Å². The van der Waals surface area contributed by atoms with Gasteiger partial charge in [0.1, 0.15) is 11.3 Å². The number of carboxylic acids is 1. The van der Waals surface area contributed by atoms with Crippen molar-refractivity contribution in [3.63, 3.8) is 0 Å². The summed E-state index contributed by atoms with van der Waals surface area (Å²) in [5.74, 6) is -1.45. The molecule has 0 bridgehead atoms. The summed E-state index contributed by atoms with van der Waals surface area (Å²) in [4.78, 5) is 36.9. The van der Waals surface area contributed by atoms with Gasteiger partial charge in [0.15, 0.2) is 0 Å². The lowest BCUT2D eigenvalue weighted by Crippen LogP contribution is -2.54. The molecule has 3 rings (SSSR count). The Labute approximate surface area is 201 Å². The number of aromatic nitrogens is 2. The van der Waals surface area contributed by atoms with E-state index in [2.05, 4.69) is 30.7 Å². The van der Waals surface area contributed by atoms with Gasteiger partial charge in [-0.1, -0.05) is 40.7 Å². The molecule has 1 saturated heterocycles. The van der Waals surface area contributed by atoms with Gasteiger partial charge in [-0.15, -0.1) is 0 Å². The SMILES string of the molecule is COc1cc(C(=O)N2[C@@H](c3cnccn3)[C@@H](CO)C[C@@]2(CC(C)C)C(=O)O)ccc1C(C)(C)C. The Kier molecular flexibility index (Phi) is 7.31. The lowest BCUT2D eigenvalue weighted by Gasteiger charge is -2.39. The van der Waals surface area contributed by atoms with Gasteiger partial charge in [0.25, 0.3) is 5.91 Å². The molecule has 1 aliphatic heterocycles. The first kappa shape index (κ1) is 25.6. The highest BCUT2D eigenvalue weighted by atomic mass is 16.5.